The highest BCUT2D eigenvalue weighted by molar-refractivity contribution is 5.10. The Morgan fingerprint density at radius 1 is 1.30 bits per heavy atom. The van der Waals surface area contributed by atoms with Crippen LogP contribution in [0.2, 0.25) is 0 Å². The molecule has 0 N–H and O–H groups in total. The van der Waals surface area contributed by atoms with E-state index in [1.807, 2.05) is 0 Å². The summed E-state index contributed by atoms with van der Waals surface area (Å²) in [6.07, 6.45) is 2.43. The number of piperidine rings is 1. The molecule has 0 saturated carbocycles. The fraction of sp³-hybridized carbons (Fsp3) is 0.688. The zero-order valence-corrected chi connectivity index (χ0v) is 12.6. The van der Waals surface area contributed by atoms with Crippen LogP contribution in [0.5, 0.6) is 0 Å². The molecule has 1 aromatic heterocycles. The lowest BCUT2D eigenvalue weighted by atomic mass is 9.91. The molecular weight excluding hydrogens is 250 g/mol. The Morgan fingerprint density at radius 3 is 3.00 bits per heavy atom. The van der Waals surface area contributed by atoms with E-state index in [0.29, 0.717) is 0 Å². The van der Waals surface area contributed by atoms with E-state index in [1.165, 1.54) is 25.1 Å². The number of nitrogens with zero attached hydrogens (tertiary/aromatic N) is 3. The normalized spacial score (nSPS) is 28.9. The fourth-order valence-electron chi connectivity index (χ4n) is 3.54. The number of ether oxygens (including phenoxy) is 1. The Hall–Kier alpha value is -0.970. The first kappa shape index (κ1) is 14.0. The van der Waals surface area contributed by atoms with E-state index in [2.05, 4.69) is 47.0 Å². The van der Waals surface area contributed by atoms with E-state index < -0.39 is 0 Å². The average molecular weight is 275 g/mol. The number of hydrogen-bond donors (Lipinski definition) is 0. The molecule has 4 heteroatoms. The fourth-order valence-corrected chi connectivity index (χ4v) is 3.54. The van der Waals surface area contributed by atoms with Crippen LogP contribution >= 0.6 is 0 Å². The summed E-state index contributed by atoms with van der Waals surface area (Å²) in [6.45, 7) is 8.15. The van der Waals surface area contributed by atoms with Gasteiger partial charge >= 0.3 is 0 Å². The Balaban J connectivity index is 1.66. The molecule has 0 radical (unpaired) electrons. The Morgan fingerprint density at radius 2 is 2.20 bits per heavy atom. The van der Waals surface area contributed by atoms with Crippen molar-refractivity contribution in [1.82, 2.24) is 14.8 Å². The van der Waals surface area contributed by atoms with Crippen molar-refractivity contribution in [2.24, 2.45) is 0 Å². The van der Waals surface area contributed by atoms with Crippen LogP contribution in [0.25, 0.3) is 0 Å². The summed E-state index contributed by atoms with van der Waals surface area (Å²) in [5.41, 5.74) is 2.32. The predicted molar refractivity (Wildman–Crippen MR) is 79.7 cm³/mol. The predicted octanol–water partition coefficient (Wildman–Crippen LogP) is 1.69. The second-order valence-electron chi connectivity index (χ2n) is 6.35. The van der Waals surface area contributed by atoms with Crippen LogP contribution in [0, 0.1) is 6.92 Å². The maximum absolute atomic E-state index is 6.16. The van der Waals surface area contributed by atoms with Gasteiger partial charge in [0.25, 0.3) is 0 Å². The van der Waals surface area contributed by atoms with Crippen LogP contribution in [0.4, 0.5) is 0 Å². The number of likely N-dealkylation sites (tertiary alicyclic amines) is 1. The number of aromatic nitrogens is 1. The van der Waals surface area contributed by atoms with Gasteiger partial charge in [-0.25, -0.2) is 0 Å². The van der Waals surface area contributed by atoms with Gasteiger partial charge < -0.3 is 9.64 Å². The molecule has 1 spiro atoms. The summed E-state index contributed by atoms with van der Waals surface area (Å²) in [7, 11) is 2.20. The van der Waals surface area contributed by atoms with Crippen LogP contribution < -0.4 is 0 Å². The standard InChI is InChI=1S/C16H25N3O/c1-14-5-3-6-15(17-14)11-19-9-10-20-16(13-19)7-4-8-18(2)12-16/h3,5-6H,4,7-13H2,1-2H3. The first-order valence-corrected chi connectivity index (χ1v) is 7.63. The van der Waals surface area contributed by atoms with Crippen LogP contribution in [0.15, 0.2) is 18.2 Å². The third-order valence-electron chi connectivity index (χ3n) is 4.39. The van der Waals surface area contributed by atoms with Crippen LogP contribution in [-0.2, 0) is 11.3 Å². The lowest BCUT2D eigenvalue weighted by Gasteiger charge is -2.47. The maximum Gasteiger partial charge on any atom is 0.0935 e. The van der Waals surface area contributed by atoms with E-state index in [4.69, 9.17) is 4.74 Å². The Bertz CT molecular complexity index is 461. The number of pyridine rings is 1. The average Bonchev–Trinajstić information content (AvgIpc) is 2.38. The maximum atomic E-state index is 6.16. The van der Waals surface area contributed by atoms with Gasteiger partial charge in [0.1, 0.15) is 0 Å². The highest BCUT2D eigenvalue weighted by Crippen LogP contribution is 2.28. The minimum Gasteiger partial charge on any atom is -0.371 e. The van der Waals surface area contributed by atoms with Crippen molar-refractivity contribution >= 4 is 0 Å². The molecule has 0 amide bonds. The second-order valence-corrected chi connectivity index (χ2v) is 6.35. The zero-order valence-electron chi connectivity index (χ0n) is 12.6. The van der Waals surface area contributed by atoms with Crippen molar-refractivity contribution in [3.8, 4) is 0 Å². The SMILES string of the molecule is Cc1cccc(CN2CCOC3(CCCN(C)C3)C2)n1. The molecular formula is C16H25N3O. The van der Waals surface area contributed by atoms with Crippen molar-refractivity contribution in [2.45, 2.75) is 31.9 Å². The van der Waals surface area contributed by atoms with E-state index in [1.54, 1.807) is 0 Å². The Kier molecular flexibility index (Phi) is 4.06. The number of likely N-dealkylation sites (N-methyl/N-ethyl adjacent to an activating group) is 1. The van der Waals surface area contributed by atoms with Gasteiger partial charge in [0.15, 0.2) is 0 Å². The van der Waals surface area contributed by atoms with Gasteiger partial charge in [-0.15, -0.1) is 0 Å². The smallest absolute Gasteiger partial charge is 0.0935 e. The Labute approximate surface area is 121 Å². The second kappa shape index (κ2) is 5.80. The van der Waals surface area contributed by atoms with Crippen LogP contribution in [0.1, 0.15) is 24.2 Å². The quantitative estimate of drug-likeness (QED) is 0.821. The van der Waals surface area contributed by atoms with Crippen molar-refractivity contribution in [3.63, 3.8) is 0 Å². The molecule has 1 atom stereocenters. The summed E-state index contributed by atoms with van der Waals surface area (Å²) < 4.78 is 6.16. The number of hydrogen-bond acceptors (Lipinski definition) is 4. The van der Waals surface area contributed by atoms with Gasteiger partial charge in [-0.2, -0.15) is 0 Å². The van der Waals surface area contributed by atoms with Crippen LogP contribution in [-0.4, -0.2) is 60.2 Å². The van der Waals surface area contributed by atoms with Crippen LogP contribution in [0.3, 0.4) is 0 Å². The lowest BCUT2D eigenvalue weighted by molar-refractivity contribution is -0.138. The molecule has 4 nitrogen and oxygen atoms in total. The molecule has 0 bridgehead atoms. The molecule has 3 heterocycles. The number of aryl methyl sites for hydroxylation is 1. The van der Waals surface area contributed by atoms with Gasteiger partial charge in [-0.05, 0) is 45.5 Å². The topological polar surface area (TPSA) is 28.6 Å². The summed E-state index contributed by atoms with van der Waals surface area (Å²) in [5.74, 6) is 0. The first-order chi connectivity index (χ1) is 9.65. The molecule has 2 aliphatic heterocycles. The van der Waals surface area contributed by atoms with Gasteiger partial charge in [0.05, 0.1) is 17.9 Å². The van der Waals surface area contributed by atoms with Crippen molar-refractivity contribution in [2.75, 3.05) is 39.8 Å². The molecule has 110 valence electrons. The summed E-state index contributed by atoms with van der Waals surface area (Å²) in [6, 6.07) is 6.28. The lowest BCUT2D eigenvalue weighted by Crippen LogP contribution is -2.58. The molecule has 0 aromatic carbocycles. The summed E-state index contributed by atoms with van der Waals surface area (Å²) >= 11 is 0. The van der Waals surface area contributed by atoms with E-state index in [0.717, 1.165) is 38.5 Å². The van der Waals surface area contributed by atoms with Gasteiger partial charge in [0, 0.05) is 31.9 Å². The number of morpholine rings is 1. The first-order valence-electron chi connectivity index (χ1n) is 7.63. The monoisotopic (exact) mass is 275 g/mol. The van der Waals surface area contributed by atoms with Crippen molar-refractivity contribution in [3.05, 3.63) is 29.6 Å². The van der Waals surface area contributed by atoms with Gasteiger partial charge in [-0.1, -0.05) is 6.07 Å². The highest BCUT2D eigenvalue weighted by Gasteiger charge is 2.39. The number of rotatable bonds is 2. The third kappa shape index (κ3) is 3.19. The minimum atomic E-state index is 0.0507. The molecule has 1 aromatic rings. The summed E-state index contributed by atoms with van der Waals surface area (Å²) in [5, 5.41) is 0. The van der Waals surface area contributed by atoms with E-state index >= 15 is 0 Å². The minimum absolute atomic E-state index is 0.0507. The van der Waals surface area contributed by atoms with Gasteiger partial charge in [0.2, 0.25) is 0 Å². The largest absolute Gasteiger partial charge is 0.371 e. The van der Waals surface area contributed by atoms with Crippen molar-refractivity contribution in [1.29, 1.82) is 0 Å². The summed E-state index contributed by atoms with van der Waals surface area (Å²) in [4.78, 5) is 9.53. The van der Waals surface area contributed by atoms with Crippen molar-refractivity contribution < 1.29 is 4.74 Å². The molecule has 0 aliphatic carbocycles. The highest BCUT2D eigenvalue weighted by atomic mass is 16.5. The third-order valence-corrected chi connectivity index (χ3v) is 4.39. The van der Waals surface area contributed by atoms with Gasteiger partial charge in [-0.3, -0.25) is 9.88 Å². The molecule has 20 heavy (non-hydrogen) atoms. The van der Waals surface area contributed by atoms with E-state index in [9.17, 15) is 0 Å². The molecule has 2 fully saturated rings. The molecule has 2 saturated heterocycles. The molecule has 1 unspecified atom stereocenters. The molecule has 3 rings (SSSR count). The van der Waals surface area contributed by atoms with E-state index in [-0.39, 0.29) is 5.60 Å². The molecule has 2 aliphatic rings. The zero-order chi connectivity index (χ0) is 14.0.